The number of unbranched alkanes of at least 4 members (excludes halogenated alkanes) is 1. The van der Waals surface area contributed by atoms with Crippen LogP contribution >= 0.6 is 0 Å². The molecule has 2 N–H and O–H groups in total. The average molecular weight is 448 g/mol. The predicted molar refractivity (Wildman–Crippen MR) is 119 cm³/mol. The molecule has 0 saturated heterocycles. The fourth-order valence-electron chi connectivity index (χ4n) is 3.52. The van der Waals surface area contributed by atoms with Gasteiger partial charge in [0.2, 0.25) is 5.91 Å². The van der Waals surface area contributed by atoms with E-state index in [0.717, 1.165) is 25.7 Å². The summed E-state index contributed by atoms with van der Waals surface area (Å²) in [5, 5.41) is 2.58. The van der Waals surface area contributed by atoms with Crippen LogP contribution in [-0.4, -0.2) is 44.1 Å². The zero-order chi connectivity index (χ0) is 23.3. The van der Waals surface area contributed by atoms with E-state index in [9.17, 15) is 19.2 Å². The van der Waals surface area contributed by atoms with E-state index >= 15 is 0 Å². The molecule has 176 valence electrons. The maximum atomic E-state index is 12.6. The molecular weight excluding hydrogens is 414 g/mol. The minimum absolute atomic E-state index is 0.106. The first-order valence-electron chi connectivity index (χ1n) is 11.4. The summed E-state index contributed by atoms with van der Waals surface area (Å²) in [6.45, 7) is 7.33. The van der Waals surface area contributed by atoms with Crippen LogP contribution in [0.5, 0.6) is 0 Å². The predicted octanol–water partition coefficient (Wildman–Crippen LogP) is 1.34. The number of rotatable bonds is 12. The van der Waals surface area contributed by atoms with Gasteiger partial charge in [-0.25, -0.2) is 9.78 Å². The lowest BCUT2D eigenvalue weighted by Gasteiger charge is -2.11. The Kier molecular flexibility index (Phi) is 7.87. The molecule has 3 rings (SSSR count). The van der Waals surface area contributed by atoms with Crippen LogP contribution in [0, 0.1) is 11.8 Å². The summed E-state index contributed by atoms with van der Waals surface area (Å²) in [6, 6.07) is 0. The molecule has 2 heterocycles. The van der Waals surface area contributed by atoms with Crippen LogP contribution in [-0.2, 0) is 33.8 Å². The second-order valence-electron chi connectivity index (χ2n) is 8.87. The van der Waals surface area contributed by atoms with Crippen LogP contribution in [0.15, 0.2) is 9.59 Å². The molecule has 1 aliphatic rings. The molecular formula is C22H33N5O5. The lowest BCUT2D eigenvalue weighted by molar-refractivity contribution is -0.144. The molecule has 10 nitrogen and oxygen atoms in total. The first kappa shape index (κ1) is 23.7. The summed E-state index contributed by atoms with van der Waals surface area (Å²) in [5.41, 5.74) is -0.237. The molecule has 0 atom stereocenters. The molecule has 1 amide bonds. The number of fused-ring (bicyclic) bond motifs is 1. The highest BCUT2D eigenvalue weighted by atomic mass is 16.5. The number of aryl methyl sites for hydroxylation is 2. The van der Waals surface area contributed by atoms with Crippen LogP contribution in [0.2, 0.25) is 0 Å². The van der Waals surface area contributed by atoms with E-state index in [0.29, 0.717) is 42.6 Å². The monoisotopic (exact) mass is 447 g/mol. The largest absolute Gasteiger partial charge is 0.464 e. The first-order chi connectivity index (χ1) is 15.3. The fraction of sp³-hybridized carbons (Fsp3) is 0.682. The molecule has 1 aliphatic carbocycles. The van der Waals surface area contributed by atoms with E-state index < -0.39 is 17.2 Å². The van der Waals surface area contributed by atoms with Gasteiger partial charge in [0.25, 0.3) is 5.56 Å². The Morgan fingerprint density at radius 1 is 1.25 bits per heavy atom. The van der Waals surface area contributed by atoms with Gasteiger partial charge in [-0.1, -0.05) is 27.2 Å². The Labute approximate surface area is 186 Å². The van der Waals surface area contributed by atoms with E-state index in [1.165, 1.54) is 4.57 Å². The van der Waals surface area contributed by atoms with Crippen LogP contribution in [0.25, 0.3) is 11.2 Å². The van der Waals surface area contributed by atoms with Crippen molar-refractivity contribution < 1.29 is 14.3 Å². The summed E-state index contributed by atoms with van der Waals surface area (Å²) in [4.78, 5) is 56.0. The van der Waals surface area contributed by atoms with Gasteiger partial charge in [-0.2, -0.15) is 0 Å². The molecule has 10 heteroatoms. The Morgan fingerprint density at radius 3 is 2.66 bits per heavy atom. The number of nitrogens with zero attached hydrogens (tertiary/aromatic N) is 3. The molecule has 1 fully saturated rings. The number of carbonyl (C=O) groups excluding carboxylic acids is 2. The van der Waals surface area contributed by atoms with Crippen LogP contribution in [0.4, 0.5) is 0 Å². The summed E-state index contributed by atoms with van der Waals surface area (Å²) in [7, 11) is 0. The minimum Gasteiger partial charge on any atom is -0.464 e. The number of carbonyl (C=O) groups is 2. The average Bonchev–Trinajstić information content (AvgIpc) is 3.50. The zero-order valence-corrected chi connectivity index (χ0v) is 19.1. The van der Waals surface area contributed by atoms with Crippen molar-refractivity contribution in [3.63, 3.8) is 0 Å². The fourth-order valence-corrected chi connectivity index (χ4v) is 3.52. The highest BCUT2D eigenvalue weighted by Gasteiger charge is 2.23. The number of imidazole rings is 1. The lowest BCUT2D eigenvalue weighted by atomic mass is 10.2. The van der Waals surface area contributed by atoms with Crippen molar-refractivity contribution in [2.75, 3.05) is 13.2 Å². The molecule has 0 aliphatic heterocycles. The number of nitrogens with one attached hydrogen (secondary N) is 2. The van der Waals surface area contributed by atoms with Crippen molar-refractivity contribution in [3.05, 3.63) is 26.7 Å². The summed E-state index contributed by atoms with van der Waals surface area (Å²) >= 11 is 0. The van der Waals surface area contributed by atoms with Crippen molar-refractivity contribution in [1.82, 2.24) is 24.4 Å². The van der Waals surface area contributed by atoms with E-state index in [-0.39, 0.29) is 31.2 Å². The third-order valence-corrected chi connectivity index (χ3v) is 5.43. The Morgan fingerprint density at radius 2 is 2.00 bits per heavy atom. The Hall–Kier alpha value is -2.91. The number of esters is 1. The summed E-state index contributed by atoms with van der Waals surface area (Å²) in [6.07, 6.45) is 4.25. The van der Waals surface area contributed by atoms with Crippen molar-refractivity contribution in [1.29, 1.82) is 0 Å². The number of H-pyrrole nitrogens is 1. The Balaban J connectivity index is 1.74. The first-order valence-corrected chi connectivity index (χ1v) is 11.4. The van der Waals surface area contributed by atoms with Crippen molar-refractivity contribution in [3.8, 4) is 0 Å². The van der Waals surface area contributed by atoms with Gasteiger partial charge in [-0.15, -0.1) is 0 Å². The molecule has 1 saturated carbocycles. The van der Waals surface area contributed by atoms with Gasteiger partial charge in [0.05, 0.1) is 6.61 Å². The number of hydrogen-bond donors (Lipinski definition) is 2. The maximum absolute atomic E-state index is 12.6. The molecule has 0 aromatic carbocycles. The van der Waals surface area contributed by atoms with Crippen molar-refractivity contribution >= 4 is 23.0 Å². The normalized spacial score (nSPS) is 13.6. The summed E-state index contributed by atoms with van der Waals surface area (Å²) < 4.78 is 8.41. The van der Waals surface area contributed by atoms with Crippen LogP contribution in [0.1, 0.15) is 58.7 Å². The molecule has 2 aromatic rings. The zero-order valence-electron chi connectivity index (χ0n) is 19.1. The molecule has 0 radical (unpaired) electrons. The van der Waals surface area contributed by atoms with Crippen LogP contribution in [0.3, 0.4) is 0 Å². The standard InChI is InChI=1S/C22H33N5O5/c1-4-5-10-26-20-19(21(30)25-22(26)31)27(12-14(2)3)16(24-20)8-9-17(28)23-11-18(29)32-13-15-6-7-15/h14-15H,4-13H2,1-3H3,(H,23,28)(H,25,30,31). The quantitative estimate of drug-likeness (QED) is 0.473. The van der Waals surface area contributed by atoms with Gasteiger partial charge in [0.15, 0.2) is 11.2 Å². The van der Waals surface area contributed by atoms with E-state index in [2.05, 4.69) is 15.3 Å². The minimum atomic E-state index is -0.473. The third kappa shape index (κ3) is 6.08. The molecule has 0 bridgehead atoms. The smallest absolute Gasteiger partial charge is 0.330 e. The van der Waals surface area contributed by atoms with E-state index in [1.54, 1.807) is 4.57 Å². The van der Waals surface area contributed by atoms with Crippen molar-refractivity contribution in [2.24, 2.45) is 11.8 Å². The highest BCUT2D eigenvalue weighted by Crippen LogP contribution is 2.28. The molecule has 0 unspecified atom stereocenters. The van der Waals surface area contributed by atoms with Gasteiger partial charge in [0.1, 0.15) is 12.4 Å². The number of aromatic amines is 1. The van der Waals surface area contributed by atoms with Gasteiger partial charge in [0, 0.05) is 25.9 Å². The number of aromatic nitrogens is 4. The van der Waals surface area contributed by atoms with E-state index in [4.69, 9.17) is 4.74 Å². The molecule has 2 aromatic heterocycles. The second-order valence-corrected chi connectivity index (χ2v) is 8.87. The number of amides is 1. The van der Waals surface area contributed by atoms with Gasteiger partial charge in [-0.05, 0) is 31.1 Å². The number of ether oxygens (including phenoxy) is 1. The lowest BCUT2D eigenvalue weighted by Crippen LogP contribution is -2.31. The SMILES string of the molecule is CCCCn1c(=O)[nH]c(=O)c2c1nc(CCC(=O)NCC(=O)OCC1CC1)n2CC(C)C. The van der Waals surface area contributed by atoms with E-state index in [1.807, 2.05) is 20.8 Å². The third-order valence-electron chi connectivity index (χ3n) is 5.43. The van der Waals surface area contributed by atoms with Gasteiger partial charge < -0.3 is 14.6 Å². The Bertz CT molecular complexity index is 1080. The number of hydrogen-bond acceptors (Lipinski definition) is 6. The van der Waals surface area contributed by atoms with Crippen molar-refractivity contribution in [2.45, 2.75) is 72.4 Å². The maximum Gasteiger partial charge on any atom is 0.330 e. The summed E-state index contributed by atoms with van der Waals surface area (Å²) in [5.74, 6) is 0.539. The highest BCUT2D eigenvalue weighted by molar-refractivity contribution is 5.82. The topological polar surface area (TPSA) is 128 Å². The molecule has 0 spiro atoms. The van der Waals surface area contributed by atoms with Gasteiger partial charge in [-0.3, -0.25) is 23.9 Å². The molecule has 32 heavy (non-hydrogen) atoms. The second kappa shape index (κ2) is 10.6. The van der Waals surface area contributed by atoms with Crippen LogP contribution < -0.4 is 16.6 Å². The van der Waals surface area contributed by atoms with Gasteiger partial charge >= 0.3 is 11.7 Å².